The van der Waals surface area contributed by atoms with Crippen molar-refractivity contribution in [3.63, 3.8) is 0 Å². The fourth-order valence-electron chi connectivity index (χ4n) is 7.90. The maximum Gasteiger partial charge on any atom is 0.472 e. The lowest BCUT2D eigenvalue weighted by atomic mass is 9.92. The number of benzene rings is 1. The first-order valence-corrected chi connectivity index (χ1v) is 23.0. The molecule has 1 aromatic carbocycles. The zero-order chi connectivity index (χ0) is 43.0. The summed E-state index contributed by atoms with van der Waals surface area (Å²) in [6.07, 6.45) is 15.9. The summed E-state index contributed by atoms with van der Waals surface area (Å²) < 4.78 is 48.8. The summed E-state index contributed by atoms with van der Waals surface area (Å²) in [5.41, 5.74) is 3.61. The Hall–Kier alpha value is -3.67. The number of nitriles is 2. The number of nitrogens with two attached hydrogens (primary N) is 1. The van der Waals surface area contributed by atoms with E-state index in [0.717, 1.165) is 19.3 Å². The number of nitrogens with zero attached hydrogens (tertiary/aromatic N) is 5. The standard InChI is InChI=1S/C43H63N6O10P/c1-3-4-5-6-7-8-9-10-11-12-13-14-15-16-17-18-23-55-28-34(56-27-32-19-21-36(54-2)33(24-32)26-44)29-57-60(52,53)58-38-25-42(38)39(50)40(51)43(30-45,59-42)37-22-20-35-41(46)47-31-48-49(35)37/h19-22,24,31,34,38-40,50-51H,3-18,23,25,27-29H2,1-2H3,(H,52,53)(H2,46,47,48)/t34-,38+,39+,40-,42+,43+/m1/s1. The molecule has 1 aliphatic carbocycles. The molecule has 1 saturated heterocycles. The first-order chi connectivity index (χ1) is 29.0. The molecule has 2 aliphatic rings. The van der Waals surface area contributed by atoms with E-state index in [9.17, 15) is 30.2 Å². The van der Waals surface area contributed by atoms with Crippen molar-refractivity contribution in [2.24, 2.45) is 0 Å². The lowest BCUT2D eigenvalue weighted by Crippen LogP contribution is -2.41. The minimum absolute atomic E-state index is 0.0522. The highest BCUT2D eigenvalue weighted by Crippen LogP contribution is 2.62. The van der Waals surface area contributed by atoms with Crippen LogP contribution in [-0.4, -0.2) is 86.7 Å². The quantitative estimate of drug-likeness (QED) is 0.0400. The van der Waals surface area contributed by atoms with E-state index in [4.69, 9.17) is 33.7 Å². The minimum Gasteiger partial charge on any atom is -0.495 e. The second-order valence-electron chi connectivity index (χ2n) is 16.0. The van der Waals surface area contributed by atoms with Crippen LogP contribution in [0.3, 0.4) is 0 Å². The van der Waals surface area contributed by atoms with Crippen LogP contribution in [-0.2, 0) is 40.0 Å². The summed E-state index contributed by atoms with van der Waals surface area (Å²) in [6.45, 7) is 2.46. The number of nitrogen functional groups attached to an aromatic ring is 1. The molecule has 330 valence electrons. The largest absolute Gasteiger partial charge is 0.495 e. The van der Waals surface area contributed by atoms with E-state index in [2.05, 4.69) is 23.1 Å². The summed E-state index contributed by atoms with van der Waals surface area (Å²) >= 11 is 0. The van der Waals surface area contributed by atoms with E-state index in [1.165, 1.54) is 107 Å². The molecule has 17 heteroatoms. The van der Waals surface area contributed by atoms with E-state index in [1.54, 1.807) is 24.3 Å². The molecule has 5 rings (SSSR count). The molecule has 0 radical (unpaired) electrons. The summed E-state index contributed by atoms with van der Waals surface area (Å²) in [5, 5.41) is 46.3. The van der Waals surface area contributed by atoms with Gasteiger partial charge in [0.2, 0.25) is 5.60 Å². The molecule has 1 saturated carbocycles. The van der Waals surface area contributed by atoms with Gasteiger partial charge in [-0.2, -0.15) is 15.6 Å². The van der Waals surface area contributed by atoms with Crippen molar-refractivity contribution in [3.8, 4) is 17.9 Å². The second-order valence-corrected chi connectivity index (χ2v) is 17.4. The van der Waals surface area contributed by atoms with E-state index in [-0.39, 0.29) is 37.8 Å². The summed E-state index contributed by atoms with van der Waals surface area (Å²) in [7, 11) is -3.33. The number of methoxy groups -OCH3 is 1. The Labute approximate surface area is 353 Å². The van der Waals surface area contributed by atoms with Gasteiger partial charge >= 0.3 is 7.82 Å². The van der Waals surface area contributed by atoms with Gasteiger partial charge in [-0.15, -0.1) is 0 Å². The fourth-order valence-corrected chi connectivity index (χ4v) is 8.89. The van der Waals surface area contributed by atoms with Gasteiger partial charge in [-0.25, -0.2) is 14.1 Å². The van der Waals surface area contributed by atoms with E-state index in [0.29, 0.717) is 29.0 Å². The highest BCUT2D eigenvalue weighted by molar-refractivity contribution is 7.47. The average molecular weight is 855 g/mol. The smallest absolute Gasteiger partial charge is 0.472 e. The molecule has 2 aromatic heterocycles. The predicted molar refractivity (Wildman–Crippen MR) is 222 cm³/mol. The van der Waals surface area contributed by atoms with Gasteiger partial charge in [-0.1, -0.05) is 109 Å². The van der Waals surface area contributed by atoms with Gasteiger partial charge in [0.25, 0.3) is 0 Å². The van der Waals surface area contributed by atoms with E-state index < -0.39 is 43.4 Å². The molecule has 5 N–H and O–H groups in total. The van der Waals surface area contributed by atoms with Crippen LogP contribution in [0.2, 0.25) is 0 Å². The molecular weight excluding hydrogens is 791 g/mol. The summed E-state index contributed by atoms with van der Waals surface area (Å²) in [5.74, 6) is 0.554. The van der Waals surface area contributed by atoms with E-state index in [1.807, 2.05) is 6.07 Å². The van der Waals surface area contributed by atoms with Gasteiger partial charge in [0.05, 0.1) is 38.2 Å². The number of aliphatic hydroxyl groups is 2. The molecule has 3 aromatic rings. The number of anilines is 1. The van der Waals surface area contributed by atoms with Crippen LogP contribution in [0.25, 0.3) is 5.52 Å². The van der Waals surface area contributed by atoms with Crippen molar-refractivity contribution in [1.29, 1.82) is 10.5 Å². The van der Waals surface area contributed by atoms with Crippen molar-refractivity contribution >= 4 is 19.2 Å². The Morgan fingerprint density at radius 3 is 2.22 bits per heavy atom. The second kappa shape index (κ2) is 23.0. The number of aromatic nitrogens is 3. The molecule has 0 bridgehead atoms. The normalized spacial score (nSPS) is 23.7. The van der Waals surface area contributed by atoms with E-state index >= 15 is 0 Å². The third kappa shape index (κ3) is 12.2. The molecule has 60 heavy (non-hydrogen) atoms. The molecule has 1 aliphatic heterocycles. The fraction of sp³-hybridized carbons (Fsp3) is 0.674. The number of hydrogen-bond acceptors (Lipinski definition) is 14. The molecule has 1 unspecified atom stereocenters. The Morgan fingerprint density at radius 2 is 1.60 bits per heavy atom. The van der Waals surface area contributed by atoms with Crippen molar-refractivity contribution in [1.82, 2.24) is 14.6 Å². The topological polar surface area (TPSA) is 237 Å². The van der Waals surface area contributed by atoms with Gasteiger partial charge < -0.3 is 39.8 Å². The van der Waals surface area contributed by atoms with Crippen molar-refractivity contribution in [2.75, 3.05) is 32.7 Å². The summed E-state index contributed by atoms with van der Waals surface area (Å²) in [4.78, 5) is 14.7. The summed E-state index contributed by atoms with van der Waals surface area (Å²) in [6, 6.07) is 12.1. The van der Waals surface area contributed by atoms with Crippen LogP contribution < -0.4 is 10.5 Å². The SMILES string of the molecule is CCCCCCCCCCCCCCCCCCOC[C@H](COP(=O)(O)O[C@H]1C[C@]12O[C@@](C#N)(c1ccc3c(N)ncnn13)[C@H](O)[C@@H]2O)OCc1ccc(OC)c(C#N)c1. The van der Waals surface area contributed by atoms with Gasteiger partial charge in [0, 0.05) is 13.0 Å². The molecule has 0 amide bonds. The maximum atomic E-state index is 13.3. The number of hydrogen-bond donors (Lipinski definition) is 4. The van der Waals surface area contributed by atoms with Crippen LogP contribution in [0.4, 0.5) is 5.82 Å². The van der Waals surface area contributed by atoms with Crippen LogP contribution in [0, 0.1) is 22.7 Å². The lowest BCUT2D eigenvalue weighted by molar-refractivity contribution is -0.0778. The Morgan fingerprint density at radius 1 is 0.950 bits per heavy atom. The number of phosphoric ester groups is 1. The molecule has 16 nitrogen and oxygen atoms in total. The number of fused-ring (bicyclic) bond motifs is 1. The maximum absolute atomic E-state index is 13.3. The zero-order valence-electron chi connectivity index (χ0n) is 35.1. The van der Waals surface area contributed by atoms with Crippen molar-refractivity contribution < 1.29 is 47.7 Å². The molecular formula is C43H63N6O10P. The molecule has 7 atom stereocenters. The van der Waals surface area contributed by atoms with Gasteiger partial charge in [0.1, 0.15) is 59.7 Å². The highest BCUT2D eigenvalue weighted by Gasteiger charge is 2.76. The lowest BCUT2D eigenvalue weighted by Gasteiger charge is -2.24. The van der Waals surface area contributed by atoms with Gasteiger partial charge in [0.15, 0.2) is 5.82 Å². The van der Waals surface area contributed by atoms with Crippen molar-refractivity contribution in [2.45, 2.75) is 158 Å². The van der Waals surface area contributed by atoms with Crippen LogP contribution >= 0.6 is 7.82 Å². The highest BCUT2D eigenvalue weighted by atomic mass is 31.2. The van der Waals surface area contributed by atoms with Crippen LogP contribution in [0.1, 0.15) is 133 Å². The number of ether oxygens (including phenoxy) is 4. The average Bonchev–Trinajstić information content (AvgIpc) is 3.62. The first kappa shape index (κ1) is 47.4. The third-order valence-electron chi connectivity index (χ3n) is 11.5. The van der Waals surface area contributed by atoms with Gasteiger partial charge in [-0.05, 0) is 36.2 Å². The Bertz CT molecular complexity index is 1940. The molecule has 2 fully saturated rings. The van der Waals surface area contributed by atoms with Crippen molar-refractivity contribution in [3.05, 3.63) is 53.5 Å². The number of rotatable bonds is 29. The molecule has 1 spiro atoms. The number of unbranched alkanes of at least 4 members (excludes halogenated alkanes) is 15. The van der Waals surface area contributed by atoms with Gasteiger partial charge in [-0.3, -0.25) is 9.05 Å². The van der Waals surface area contributed by atoms with Crippen LogP contribution in [0.5, 0.6) is 5.75 Å². The number of phosphoric acid groups is 1. The number of aliphatic hydroxyl groups excluding tert-OH is 2. The van der Waals surface area contributed by atoms with Crippen LogP contribution in [0.15, 0.2) is 36.7 Å². The predicted octanol–water partition coefficient (Wildman–Crippen LogP) is 7.17. The third-order valence-corrected chi connectivity index (χ3v) is 12.5. The zero-order valence-corrected chi connectivity index (χ0v) is 36.0. The first-order valence-electron chi connectivity index (χ1n) is 21.5. The monoisotopic (exact) mass is 854 g/mol. The Balaban J connectivity index is 1.07. The molecule has 3 heterocycles. The Kier molecular flexibility index (Phi) is 18.1. The minimum atomic E-state index is -4.81.